The van der Waals surface area contributed by atoms with Gasteiger partial charge in [0.2, 0.25) is 0 Å². The van der Waals surface area contributed by atoms with Gasteiger partial charge in [0.25, 0.3) is 11.6 Å². The number of carbonyl (C=O) groups is 1. The lowest BCUT2D eigenvalue weighted by molar-refractivity contribution is -0.383. The fourth-order valence-corrected chi connectivity index (χ4v) is 3.21. The standard InChI is InChI=1S/C19H18N6O4/c26-19(24-8-9-29-11-17(24)18-20-12-21-23-18)13-6-7-15(16(10-13)25(27)28)22-14-4-2-1-3-5-14/h1-7,10,12,17,22H,8-9,11H2,(H,20,21,23)/t17-/m0/s1. The van der Waals surface area contributed by atoms with Gasteiger partial charge < -0.3 is 15.0 Å². The molecule has 1 amide bonds. The van der Waals surface area contributed by atoms with Crippen molar-refractivity contribution in [3.63, 3.8) is 0 Å². The Bertz CT molecular complexity index is 1010. The summed E-state index contributed by atoms with van der Waals surface area (Å²) >= 11 is 0. The molecule has 2 N–H and O–H groups in total. The SMILES string of the molecule is O=C(c1ccc(Nc2ccccc2)c([N+](=O)[O-])c1)N1CCOC[C@H]1c1ncn[nH]1. The van der Waals surface area contributed by atoms with E-state index in [0.717, 1.165) is 0 Å². The molecule has 1 aliphatic heterocycles. The topological polar surface area (TPSA) is 126 Å². The minimum absolute atomic E-state index is 0.177. The van der Waals surface area contributed by atoms with Gasteiger partial charge in [0.05, 0.1) is 18.1 Å². The predicted octanol–water partition coefficient (Wildman–Crippen LogP) is 2.67. The quantitative estimate of drug-likeness (QED) is 0.503. The number of nitrogens with zero attached hydrogens (tertiary/aromatic N) is 4. The van der Waals surface area contributed by atoms with E-state index in [1.807, 2.05) is 18.2 Å². The number of H-pyrrole nitrogens is 1. The average Bonchev–Trinajstić information content (AvgIpc) is 3.29. The van der Waals surface area contributed by atoms with E-state index in [4.69, 9.17) is 4.74 Å². The Morgan fingerprint density at radius 2 is 2.10 bits per heavy atom. The largest absolute Gasteiger partial charge is 0.377 e. The molecule has 2 heterocycles. The third kappa shape index (κ3) is 3.92. The Hall–Kier alpha value is -3.79. The first-order chi connectivity index (χ1) is 14.1. The van der Waals surface area contributed by atoms with Gasteiger partial charge in [-0.25, -0.2) is 4.98 Å². The molecule has 3 aromatic rings. The van der Waals surface area contributed by atoms with Crippen LogP contribution in [0, 0.1) is 10.1 Å². The first-order valence-corrected chi connectivity index (χ1v) is 8.98. The normalized spacial score (nSPS) is 16.4. The molecule has 148 valence electrons. The zero-order valence-corrected chi connectivity index (χ0v) is 15.3. The Labute approximate surface area is 165 Å². The van der Waals surface area contributed by atoms with E-state index in [9.17, 15) is 14.9 Å². The molecule has 10 nitrogen and oxygen atoms in total. The number of nitro benzene ring substituents is 1. The number of aromatic nitrogens is 3. The van der Waals surface area contributed by atoms with Crippen LogP contribution in [0.2, 0.25) is 0 Å². The zero-order chi connectivity index (χ0) is 20.2. The average molecular weight is 394 g/mol. The van der Waals surface area contributed by atoms with Crippen LogP contribution in [0.5, 0.6) is 0 Å². The van der Waals surface area contributed by atoms with Crippen molar-refractivity contribution in [2.45, 2.75) is 6.04 Å². The summed E-state index contributed by atoms with van der Waals surface area (Å²) in [4.78, 5) is 29.9. The van der Waals surface area contributed by atoms with Gasteiger partial charge in [0.15, 0.2) is 0 Å². The Kier molecular flexibility index (Phi) is 5.16. The highest BCUT2D eigenvalue weighted by molar-refractivity contribution is 5.96. The third-order valence-corrected chi connectivity index (χ3v) is 4.63. The second-order valence-corrected chi connectivity index (χ2v) is 6.44. The molecule has 1 aliphatic rings. The summed E-state index contributed by atoms with van der Waals surface area (Å²) in [6, 6.07) is 13.1. The van der Waals surface area contributed by atoms with E-state index >= 15 is 0 Å². The maximum Gasteiger partial charge on any atom is 0.293 e. The van der Waals surface area contributed by atoms with E-state index in [2.05, 4.69) is 20.5 Å². The maximum atomic E-state index is 13.1. The van der Waals surface area contributed by atoms with E-state index in [0.29, 0.717) is 30.4 Å². The van der Waals surface area contributed by atoms with Crippen molar-refractivity contribution >= 4 is 23.0 Å². The second-order valence-electron chi connectivity index (χ2n) is 6.44. The van der Waals surface area contributed by atoms with Crippen LogP contribution in [0.3, 0.4) is 0 Å². The molecule has 1 atom stereocenters. The summed E-state index contributed by atoms with van der Waals surface area (Å²) in [5.74, 6) is 0.180. The minimum Gasteiger partial charge on any atom is -0.377 e. The van der Waals surface area contributed by atoms with Crippen LogP contribution in [0.15, 0.2) is 54.9 Å². The molecule has 0 radical (unpaired) electrons. The van der Waals surface area contributed by atoms with Gasteiger partial charge in [-0.2, -0.15) is 5.10 Å². The van der Waals surface area contributed by atoms with Crippen LogP contribution >= 0.6 is 0 Å². The highest BCUT2D eigenvalue weighted by Crippen LogP contribution is 2.30. The van der Waals surface area contributed by atoms with Crippen molar-refractivity contribution in [3.05, 3.63) is 76.4 Å². The first kappa shape index (κ1) is 18.6. The van der Waals surface area contributed by atoms with Gasteiger partial charge in [0.1, 0.15) is 23.9 Å². The van der Waals surface area contributed by atoms with Crippen molar-refractivity contribution < 1.29 is 14.5 Å². The monoisotopic (exact) mass is 394 g/mol. The molecular formula is C19H18N6O4. The number of nitro groups is 1. The van der Waals surface area contributed by atoms with Crippen LogP contribution in [0.1, 0.15) is 22.2 Å². The van der Waals surface area contributed by atoms with Crippen LogP contribution < -0.4 is 5.32 Å². The van der Waals surface area contributed by atoms with Gasteiger partial charge in [-0.1, -0.05) is 18.2 Å². The smallest absolute Gasteiger partial charge is 0.293 e. The fraction of sp³-hybridized carbons (Fsp3) is 0.211. The van der Waals surface area contributed by atoms with E-state index < -0.39 is 11.0 Å². The van der Waals surface area contributed by atoms with Gasteiger partial charge in [-0.15, -0.1) is 0 Å². The number of aromatic amines is 1. The summed E-state index contributed by atoms with van der Waals surface area (Å²) in [5, 5.41) is 21.2. The van der Waals surface area contributed by atoms with Gasteiger partial charge in [-0.3, -0.25) is 20.0 Å². The minimum atomic E-state index is -0.505. The van der Waals surface area contributed by atoms with Crippen molar-refractivity contribution in [1.29, 1.82) is 0 Å². The molecule has 0 spiro atoms. The van der Waals surface area contributed by atoms with E-state index in [1.54, 1.807) is 29.2 Å². The highest BCUT2D eigenvalue weighted by Gasteiger charge is 2.32. The molecule has 29 heavy (non-hydrogen) atoms. The lowest BCUT2D eigenvalue weighted by atomic mass is 10.1. The van der Waals surface area contributed by atoms with Crippen molar-refractivity contribution in [1.82, 2.24) is 20.1 Å². The molecular weight excluding hydrogens is 376 g/mol. The molecule has 1 fully saturated rings. The fourth-order valence-electron chi connectivity index (χ4n) is 3.21. The van der Waals surface area contributed by atoms with Crippen LogP contribution in [-0.2, 0) is 4.74 Å². The Morgan fingerprint density at radius 3 is 2.83 bits per heavy atom. The number of anilines is 2. The number of benzene rings is 2. The second kappa shape index (κ2) is 8.07. The number of morpholine rings is 1. The summed E-state index contributed by atoms with van der Waals surface area (Å²) < 4.78 is 5.47. The number of rotatable bonds is 5. The van der Waals surface area contributed by atoms with Crippen molar-refractivity contribution in [3.8, 4) is 0 Å². The summed E-state index contributed by atoms with van der Waals surface area (Å²) in [5.41, 5.74) is 1.07. The number of nitrogens with one attached hydrogen (secondary N) is 2. The molecule has 0 bridgehead atoms. The molecule has 0 saturated carbocycles. The number of hydrogen-bond acceptors (Lipinski definition) is 7. The van der Waals surface area contributed by atoms with Gasteiger partial charge >= 0.3 is 0 Å². The number of ether oxygens (including phenoxy) is 1. The molecule has 10 heteroatoms. The Balaban J connectivity index is 1.63. The van der Waals surface area contributed by atoms with E-state index in [-0.39, 0.29) is 23.8 Å². The summed E-state index contributed by atoms with van der Waals surface area (Å²) in [7, 11) is 0. The maximum absolute atomic E-state index is 13.1. The molecule has 1 aromatic heterocycles. The third-order valence-electron chi connectivity index (χ3n) is 4.63. The van der Waals surface area contributed by atoms with Crippen molar-refractivity contribution in [2.24, 2.45) is 0 Å². The Morgan fingerprint density at radius 1 is 1.28 bits per heavy atom. The molecule has 1 saturated heterocycles. The first-order valence-electron chi connectivity index (χ1n) is 8.98. The zero-order valence-electron chi connectivity index (χ0n) is 15.3. The van der Waals surface area contributed by atoms with Crippen LogP contribution in [-0.4, -0.2) is 50.7 Å². The molecule has 2 aromatic carbocycles. The number of hydrogen-bond donors (Lipinski definition) is 2. The van der Waals surface area contributed by atoms with Crippen LogP contribution in [0.25, 0.3) is 0 Å². The molecule has 0 unspecified atom stereocenters. The predicted molar refractivity (Wildman–Crippen MR) is 104 cm³/mol. The van der Waals surface area contributed by atoms with Gasteiger partial charge in [0, 0.05) is 23.9 Å². The molecule has 0 aliphatic carbocycles. The molecule has 4 rings (SSSR count). The highest BCUT2D eigenvalue weighted by atomic mass is 16.6. The number of carbonyl (C=O) groups excluding carboxylic acids is 1. The summed E-state index contributed by atoms with van der Waals surface area (Å²) in [6.45, 7) is 1.00. The van der Waals surface area contributed by atoms with E-state index in [1.165, 1.54) is 12.4 Å². The lowest BCUT2D eigenvalue weighted by Gasteiger charge is -2.34. The van der Waals surface area contributed by atoms with Gasteiger partial charge in [-0.05, 0) is 24.3 Å². The number of amides is 1. The van der Waals surface area contributed by atoms with Crippen LogP contribution in [0.4, 0.5) is 17.1 Å². The number of para-hydroxylation sites is 1. The summed E-state index contributed by atoms with van der Waals surface area (Å²) in [6.07, 6.45) is 1.36. The van der Waals surface area contributed by atoms with Crippen molar-refractivity contribution in [2.75, 3.05) is 25.1 Å². The lowest BCUT2D eigenvalue weighted by Crippen LogP contribution is -2.43.